The van der Waals surface area contributed by atoms with Crippen LogP contribution < -0.4 is 9.80 Å². The van der Waals surface area contributed by atoms with E-state index in [0.717, 1.165) is 45.0 Å². The third-order valence-corrected chi connectivity index (χ3v) is 16.3. The van der Waals surface area contributed by atoms with Crippen molar-refractivity contribution >= 4 is 58.7 Å². The molecule has 2 aromatic heterocycles. The van der Waals surface area contributed by atoms with Gasteiger partial charge in [-0.15, -0.1) is 0 Å². The highest BCUT2D eigenvalue weighted by Gasteiger charge is 2.39. The van der Waals surface area contributed by atoms with Crippen molar-refractivity contribution in [1.82, 2.24) is 19.9 Å². The first-order valence-corrected chi connectivity index (χ1v) is 26.1. The second-order valence-electron chi connectivity index (χ2n) is 22.0. The molecule has 0 aliphatic heterocycles. The number of halogens is 2. The van der Waals surface area contributed by atoms with Crippen molar-refractivity contribution in [3.63, 3.8) is 0 Å². The van der Waals surface area contributed by atoms with Crippen LogP contribution in [0.2, 0.25) is 0 Å². The highest BCUT2D eigenvalue weighted by molar-refractivity contribution is 5.90. The van der Waals surface area contributed by atoms with Crippen LogP contribution in [-0.2, 0) is 16.2 Å². The van der Waals surface area contributed by atoms with Gasteiger partial charge in [-0.1, -0.05) is 151 Å². The first kappa shape index (κ1) is 47.6. The van der Waals surface area contributed by atoms with Crippen LogP contribution in [-0.4, -0.2) is 19.9 Å². The summed E-state index contributed by atoms with van der Waals surface area (Å²) < 4.78 is 28.1. The Kier molecular flexibility index (Phi) is 11.1. The molecule has 0 bridgehead atoms. The Bertz CT molecular complexity index is 3770. The SMILES string of the molecule is CC1(C)c2cc(/C=C/c3ccc4c(c3)C(C)(C)c3cc(N(c5ccc(F)cc5)c5cnccn5)ccc3-4)ccc2-c2ccc(/C=C/c3ccc4c(c3)C(C)(C)c3cc(N(c5ccc(F)cc5)c5cnccn5)ccc3-4)cc21. The maximum atomic E-state index is 14.1. The van der Waals surface area contributed by atoms with Crippen LogP contribution in [0.1, 0.15) is 97.2 Å². The van der Waals surface area contributed by atoms with Crippen LogP contribution in [0.4, 0.5) is 43.2 Å². The Morgan fingerprint density at radius 1 is 0.325 bits per heavy atom. The van der Waals surface area contributed by atoms with E-state index in [9.17, 15) is 8.78 Å². The van der Waals surface area contributed by atoms with Crippen molar-refractivity contribution in [2.75, 3.05) is 9.80 Å². The molecule has 0 saturated carbocycles. The van der Waals surface area contributed by atoms with E-state index in [2.05, 4.69) is 195 Å². The van der Waals surface area contributed by atoms with Crippen molar-refractivity contribution in [2.24, 2.45) is 0 Å². The zero-order valence-electron chi connectivity index (χ0n) is 43.7. The largest absolute Gasteiger partial charge is 0.294 e. The topological polar surface area (TPSA) is 58.0 Å². The van der Waals surface area contributed by atoms with Crippen LogP contribution in [0, 0.1) is 11.6 Å². The molecule has 0 spiro atoms. The van der Waals surface area contributed by atoms with E-state index in [1.54, 1.807) is 61.4 Å². The number of hydrogen-bond donors (Lipinski definition) is 0. The van der Waals surface area contributed by atoms with Crippen LogP contribution >= 0.6 is 0 Å². The highest BCUT2D eigenvalue weighted by Crippen LogP contribution is 2.54. The third-order valence-electron chi connectivity index (χ3n) is 16.3. The monoisotopic (exact) mass is 1000 g/mol. The smallest absolute Gasteiger partial charge is 0.156 e. The number of anilines is 6. The maximum Gasteiger partial charge on any atom is 0.156 e. The molecule has 3 aliphatic carbocycles. The van der Waals surface area contributed by atoms with Gasteiger partial charge >= 0.3 is 0 Å². The highest BCUT2D eigenvalue weighted by atomic mass is 19.1. The van der Waals surface area contributed by atoms with Crippen molar-refractivity contribution in [2.45, 2.75) is 57.8 Å². The zero-order chi connectivity index (χ0) is 52.8. The molecule has 0 radical (unpaired) electrons. The standard InChI is InChI=1S/C69H54F2N6/c1-67(2)59-35-43(7-9-45-13-27-55-57-29-23-51(39-63(57)68(3,4)61(55)37-45)76(65-41-72-31-33-74-65)49-19-15-47(70)16-20-49)11-25-53(59)54-26-12-44(36-60(54)67)8-10-46-14-28-56-58-30-24-52(40-64(58)69(5,6)62(56)38-46)77(66-42-73-32-34-75-66)50-21-17-48(71)18-22-50/h7-42H,1-6H3/b9-7+,10-8+. The molecule has 8 heteroatoms. The van der Waals surface area contributed by atoms with Crippen LogP contribution in [0.5, 0.6) is 0 Å². The van der Waals surface area contributed by atoms with Gasteiger partial charge in [0.25, 0.3) is 0 Å². The van der Waals surface area contributed by atoms with Gasteiger partial charge in [-0.2, -0.15) is 0 Å². The van der Waals surface area contributed by atoms with Crippen molar-refractivity contribution < 1.29 is 8.78 Å². The second kappa shape index (κ2) is 18.0. The van der Waals surface area contributed by atoms with E-state index in [-0.39, 0.29) is 27.9 Å². The Morgan fingerprint density at radius 2 is 0.597 bits per heavy atom. The fourth-order valence-electron chi connectivity index (χ4n) is 12.2. The minimum Gasteiger partial charge on any atom is -0.294 e. The van der Waals surface area contributed by atoms with Gasteiger partial charge in [-0.25, -0.2) is 18.7 Å². The van der Waals surface area contributed by atoms with Gasteiger partial charge in [0.05, 0.1) is 12.4 Å². The van der Waals surface area contributed by atoms with Crippen LogP contribution in [0.3, 0.4) is 0 Å². The fraction of sp³-hybridized carbons (Fsp3) is 0.130. The van der Waals surface area contributed by atoms with Gasteiger partial charge in [0.2, 0.25) is 0 Å². The molecule has 10 aromatic rings. The van der Waals surface area contributed by atoms with E-state index < -0.39 is 0 Å². The number of fused-ring (bicyclic) bond motifs is 9. The van der Waals surface area contributed by atoms with Crippen molar-refractivity contribution in [3.05, 3.63) is 262 Å². The lowest BCUT2D eigenvalue weighted by molar-refractivity contribution is 0.627. The summed E-state index contributed by atoms with van der Waals surface area (Å²) in [4.78, 5) is 22.0. The Labute approximate surface area is 448 Å². The summed E-state index contributed by atoms with van der Waals surface area (Å²) in [5.74, 6) is 0.742. The van der Waals surface area contributed by atoms with Gasteiger partial charge in [-0.05, 0) is 162 Å². The average molecular weight is 1010 g/mol. The molecule has 0 atom stereocenters. The zero-order valence-corrected chi connectivity index (χ0v) is 43.7. The minimum atomic E-state index is -0.287. The first-order chi connectivity index (χ1) is 37.2. The summed E-state index contributed by atoms with van der Waals surface area (Å²) in [6, 6.07) is 53.5. The van der Waals surface area contributed by atoms with Gasteiger partial charge in [0, 0.05) is 63.8 Å². The number of aromatic nitrogens is 4. The van der Waals surface area contributed by atoms with E-state index in [4.69, 9.17) is 0 Å². The Hall–Kier alpha value is -9.14. The van der Waals surface area contributed by atoms with E-state index in [1.807, 2.05) is 9.80 Å². The molecular weight excluding hydrogens is 951 g/mol. The van der Waals surface area contributed by atoms with E-state index >= 15 is 0 Å². The summed E-state index contributed by atoms with van der Waals surface area (Å²) in [5.41, 5.74) is 22.5. The van der Waals surface area contributed by atoms with Crippen molar-refractivity contribution in [1.29, 1.82) is 0 Å². The van der Waals surface area contributed by atoms with Crippen molar-refractivity contribution in [3.8, 4) is 33.4 Å². The molecule has 8 aromatic carbocycles. The lowest BCUT2D eigenvalue weighted by atomic mass is 9.81. The summed E-state index contributed by atoms with van der Waals surface area (Å²) >= 11 is 0. The van der Waals surface area contributed by atoms with E-state index in [1.165, 1.54) is 91.0 Å². The third kappa shape index (κ3) is 8.06. The predicted octanol–water partition coefficient (Wildman–Crippen LogP) is 17.7. The molecular formula is C69H54F2N6. The van der Waals surface area contributed by atoms with E-state index in [0.29, 0.717) is 11.6 Å². The van der Waals surface area contributed by atoms with Gasteiger partial charge < -0.3 is 0 Å². The summed E-state index contributed by atoms with van der Waals surface area (Å²) in [6.07, 6.45) is 19.1. The minimum absolute atomic E-state index is 0.193. The molecule has 0 fully saturated rings. The van der Waals surface area contributed by atoms with Gasteiger partial charge in [0.15, 0.2) is 11.6 Å². The molecule has 0 N–H and O–H groups in total. The molecule has 13 rings (SSSR count). The number of nitrogens with zero attached hydrogens (tertiary/aromatic N) is 6. The van der Waals surface area contributed by atoms with Gasteiger partial charge in [0.1, 0.15) is 11.6 Å². The molecule has 0 unspecified atom stereocenters. The summed E-state index contributed by atoms with van der Waals surface area (Å²) in [7, 11) is 0. The maximum absolute atomic E-state index is 14.1. The first-order valence-electron chi connectivity index (χ1n) is 26.1. The molecule has 374 valence electrons. The normalized spacial score (nSPS) is 14.7. The quantitative estimate of drug-likeness (QED) is 0.127. The van der Waals surface area contributed by atoms with Gasteiger partial charge in [-0.3, -0.25) is 19.8 Å². The predicted molar refractivity (Wildman–Crippen MR) is 310 cm³/mol. The second-order valence-corrected chi connectivity index (χ2v) is 22.0. The molecule has 77 heavy (non-hydrogen) atoms. The molecule has 2 heterocycles. The molecule has 6 nitrogen and oxygen atoms in total. The lowest BCUT2D eigenvalue weighted by Gasteiger charge is -2.27. The van der Waals surface area contributed by atoms with Crippen LogP contribution in [0.15, 0.2) is 195 Å². The molecule has 0 saturated heterocycles. The Morgan fingerprint density at radius 3 is 0.883 bits per heavy atom. The lowest BCUT2D eigenvalue weighted by Crippen LogP contribution is -2.17. The number of hydrogen-bond acceptors (Lipinski definition) is 6. The molecule has 3 aliphatic rings. The summed E-state index contributed by atoms with van der Waals surface area (Å²) in [6.45, 7) is 13.8. The van der Waals surface area contributed by atoms with Crippen LogP contribution in [0.25, 0.3) is 57.7 Å². The summed E-state index contributed by atoms with van der Waals surface area (Å²) in [5, 5.41) is 0. The Balaban J connectivity index is 0.730. The fourth-order valence-corrected chi connectivity index (χ4v) is 12.2. The average Bonchev–Trinajstić information content (AvgIpc) is 4.07. The number of rotatable bonds is 10. The molecule has 0 amide bonds. The number of benzene rings is 8.